The maximum Gasteiger partial charge on any atom is 0.339 e. The van der Waals surface area contributed by atoms with E-state index in [4.69, 9.17) is 4.74 Å². The van der Waals surface area contributed by atoms with E-state index in [1.54, 1.807) is 19.1 Å². The van der Waals surface area contributed by atoms with Crippen LogP contribution in [0.4, 0.5) is 4.39 Å². The van der Waals surface area contributed by atoms with Gasteiger partial charge in [0.15, 0.2) is 0 Å². The van der Waals surface area contributed by atoms with Crippen LogP contribution in [0.2, 0.25) is 0 Å². The quantitative estimate of drug-likeness (QED) is 0.430. The van der Waals surface area contributed by atoms with Crippen molar-refractivity contribution in [2.45, 2.75) is 45.1 Å². The zero-order valence-corrected chi connectivity index (χ0v) is 19.3. The fraction of sp³-hybridized carbons (Fsp3) is 0.310. The van der Waals surface area contributed by atoms with Crippen molar-refractivity contribution in [2.24, 2.45) is 11.8 Å². The Kier molecular flexibility index (Phi) is 5.72. The minimum Gasteiger partial charge on any atom is -0.481 e. The molecule has 1 aliphatic heterocycles. The van der Waals surface area contributed by atoms with E-state index in [-0.39, 0.29) is 17.7 Å². The normalized spacial score (nSPS) is 19.1. The molecule has 0 unspecified atom stereocenters. The fourth-order valence-corrected chi connectivity index (χ4v) is 5.12. The number of aryl methyl sites for hydroxylation is 1. The van der Waals surface area contributed by atoms with Crippen molar-refractivity contribution < 1.29 is 23.8 Å². The minimum absolute atomic E-state index is 0.0531. The summed E-state index contributed by atoms with van der Waals surface area (Å²) < 4.78 is 20.0. The summed E-state index contributed by atoms with van der Waals surface area (Å²) in [6.45, 7) is 3.69. The van der Waals surface area contributed by atoms with E-state index in [9.17, 15) is 19.1 Å². The Morgan fingerprint density at radius 1 is 1.03 bits per heavy atom. The Balaban J connectivity index is 1.42. The highest BCUT2D eigenvalue weighted by Crippen LogP contribution is 2.47. The first-order valence-corrected chi connectivity index (χ1v) is 11.7. The molecule has 0 aromatic heterocycles. The molecule has 5 rings (SSSR count). The molecule has 0 bridgehead atoms. The van der Waals surface area contributed by atoms with Gasteiger partial charge in [-0.1, -0.05) is 55.0 Å². The molecular formula is C29H27FO4. The molecule has 1 fully saturated rings. The first-order chi connectivity index (χ1) is 16.3. The van der Waals surface area contributed by atoms with Crippen LogP contribution in [0.5, 0.6) is 0 Å². The van der Waals surface area contributed by atoms with Crippen LogP contribution in [-0.2, 0) is 16.0 Å². The molecule has 0 saturated heterocycles. The minimum atomic E-state index is -0.794. The van der Waals surface area contributed by atoms with E-state index in [0.29, 0.717) is 23.5 Å². The number of fused-ring (bicyclic) bond motifs is 1. The molecule has 4 nitrogen and oxygen atoms in total. The number of rotatable bonds is 6. The molecule has 174 valence electrons. The van der Waals surface area contributed by atoms with E-state index in [2.05, 4.69) is 0 Å². The monoisotopic (exact) mass is 458 g/mol. The lowest BCUT2D eigenvalue weighted by atomic mass is 9.81. The maximum absolute atomic E-state index is 14.3. The van der Waals surface area contributed by atoms with Gasteiger partial charge in [-0.2, -0.15) is 0 Å². The summed E-state index contributed by atoms with van der Waals surface area (Å²) in [5, 5.41) is 9.60. The van der Waals surface area contributed by atoms with Gasteiger partial charge in [0.2, 0.25) is 0 Å². The highest BCUT2D eigenvalue weighted by molar-refractivity contribution is 5.92. The van der Waals surface area contributed by atoms with Crippen LogP contribution in [0.1, 0.15) is 64.4 Å². The zero-order valence-electron chi connectivity index (χ0n) is 19.3. The van der Waals surface area contributed by atoms with Crippen LogP contribution in [-0.4, -0.2) is 17.0 Å². The predicted molar refractivity (Wildman–Crippen MR) is 127 cm³/mol. The number of halogens is 1. The molecule has 2 aliphatic rings. The number of hydrogen-bond acceptors (Lipinski definition) is 3. The summed E-state index contributed by atoms with van der Waals surface area (Å²) in [7, 11) is 0. The molecule has 3 atom stereocenters. The van der Waals surface area contributed by atoms with Crippen molar-refractivity contribution >= 4 is 11.9 Å². The van der Waals surface area contributed by atoms with E-state index >= 15 is 0 Å². The van der Waals surface area contributed by atoms with Crippen LogP contribution >= 0.6 is 0 Å². The fourth-order valence-electron chi connectivity index (χ4n) is 5.12. The predicted octanol–water partition coefficient (Wildman–Crippen LogP) is 6.47. The van der Waals surface area contributed by atoms with Gasteiger partial charge in [0, 0.05) is 12.0 Å². The molecule has 1 aliphatic carbocycles. The Bertz CT molecular complexity index is 1260. The number of carbonyl (C=O) groups excluding carboxylic acids is 1. The van der Waals surface area contributed by atoms with Gasteiger partial charge in [-0.25, -0.2) is 9.18 Å². The number of esters is 1. The Morgan fingerprint density at radius 3 is 2.44 bits per heavy atom. The molecule has 0 radical (unpaired) electrons. The van der Waals surface area contributed by atoms with E-state index < -0.39 is 18.0 Å². The lowest BCUT2D eigenvalue weighted by molar-refractivity contribution is -0.142. The van der Waals surface area contributed by atoms with E-state index in [0.717, 1.165) is 40.7 Å². The van der Waals surface area contributed by atoms with Crippen molar-refractivity contribution in [3.63, 3.8) is 0 Å². The molecule has 5 heteroatoms. The third-order valence-electron chi connectivity index (χ3n) is 7.16. The highest BCUT2D eigenvalue weighted by atomic mass is 19.1. The first-order valence-electron chi connectivity index (χ1n) is 11.7. The average molecular weight is 459 g/mol. The molecule has 34 heavy (non-hydrogen) atoms. The number of benzene rings is 3. The smallest absolute Gasteiger partial charge is 0.339 e. The van der Waals surface area contributed by atoms with Crippen molar-refractivity contribution in [2.75, 3.05) is 0 Å². The maximum atomic E-state index is 14.3. The number of carboxylic acids is 1. The highest BCUT2D eigenvalue weighted by Gasteiger charge is 2.39. The van der Waals surface area contributed by atoms with Gasteiger partial charge in [-0.3, -0.25) is 4.79 Å². The number of cyclic esters (lactones) is 1. The van der Waals surface area contributed by atoms with Crippen LogP contribution in [0.25, 0.3) is 11.1 Å². The number of hydrogen-bond donors (Lipinski definition) is 1. The topological polar surface area (TPSA) is 63.6 Å². The molecule has 1 N–H and O–H groups in total. The molecule has 1 saturated carbocycles. The van der Waals surface area contributed by atoms with Gasteiger partial charge in [0.1, 0.15) is 11.9 Å². The van der Waals surface area contributed by atoms with E-state index in [1.165, 1.54) is 6.07 Å². The largest absolute Gasteiger partial charge is 0.481 e. The lowest BCUT2D eigenvalue weighted by Crippen LogP contribution is -2.24. The van der Waals surface area contributed by atoms with Crippen molar-refractivity contribution in [3.05, 3.63) is 94.3 Å². The summed E-state index contributed by atoms with van der Waals surface area (Å²) in [5.74, 6) is -1.60. The average Bonchev–Trinajstić information content (AvgIpc) is 3.66. The Labute approximate surface area is 198 Å². The second kappa shape index (κ2) is 8.71. The Hall–Kier alpha value is -3.47. The first kappa shape index (κ1) is 22.3. The second-order valence-corrected chi connectivity index (χ2v) is 9.61. The molecular weight excluding hydrogens is 431 g/mol. The van der Waals surface area contributed by atoms with Crippen LogP contribution < -0.4 is 0 Å². The van der Waals surface area contributed by atoms with Crippen molar-refractivity contribution in [3.8, 4) is 11.1 Å². The third kappa shape index (κ3) is 4.23. The van der Waals surface area contributed by atoms with Gasteiger partial charge in [0.05, 0.1) is 11.5 Å². The standard InChI is InChI=1S/C29H27FO4/c1-16-3-12-25(30)24(13-16)18-4-6-19(7-5-18)26-15-22-14-21(10-11-23(22)29(33)34-26)27(20-8-9-20)17(2)28(31)32/h3-7,10-14,17,20,26-27H,8-9,15H2,1-2H3,(H,31,32)/t17-,26-,27-/m0/s1. The molecule has 0 spiro atoms. The number of carboxylic acid groups (broad SMARTS) is 1. The summed E-state index contributed by atoms with van der Waals surface area (Å²) >= 11 is 0. The SMILES string of the molecule is Cc1ccc(F)c(-c2ccc([C@@H]3Cc4cc([C@H](C5CC5)[C@H](C)C(=O)O)ccc4C(=O)O3)cc2)c1. The van der Waals surface area contributed by atoms with Gasteiger partial charge >= 0.3 is 11.9 Å². The summed E-state index contributed by atoms with van der Waals surface area (Å²) in [6.07, 6.45) is 2.16. The summed E-state index contributed by atoms with van der Waals surface area (Å²) in [4.78, 5) is 24.4. The van der Waals surface area contributed by atoms with Gasteiger partial charge in [-0.15, -0.1) is 0 Å². The molecule has 3 aromatic rings. The number of carbonyl (C=O) groups is 2. The Morgan fingerprint density at radius 2 is 1.76 bits per heavy atom. The molecule has 0 amide bonds. The zero-order chi connectivity index (χ0) is 24.0. The molecule has 3 aromatic carbocycles. The van der Waals surface area contributed by atoms with Gasteiger partial charge < -0.3 is 9.84 Å². The van der Waals surface area contributed by atoms with Crippen LogP contribution in [0.3, 0.4) is 0 Å². The van der Waals surface area contributed by atoms with Gasteiger partial charge in [0.25, 0.3) is 0 Å². The molecule has 1 heterocycles. The summed E-state index contributed by atoms with van der Waals surface area (Å²) in [6, 6.07) is 18.1. The van der Waals surface area contributed by atoms with Crippen molar-refractivity contribution in [1.82, 2.24) is 0 Å². The van der Waals surface area contributed by atoms with Crippen LogP contribution in [0, 0.1) is 24.6 Å². The third-order valence-corrected chi connectivity index (χ3v) is 7.16. The summed E-state index contributed by atoms with van der Waals surface area (Å²) in [5.41, 5.74) is 5.54. The number of ether oxygens (including phenoxy) is 1. The lowest BCUT2D eigenvalue weighted by Gasteiger charge is -2.27. The van der Waals surface area contributed by atoms with E-state index in [1.807, 2.05) is 49.4 Å². The number of aliphatic carboxylic acids is 1. The second-order valence-electron chi connectivity index (χ2n) is 9.61. The van der Waals surface area contributed by atoms with Gasteiger partial charge in [-0.05, 0) is 72.1 Å². The van der Waals surface area contributed by atoms with Crippen molar-refractivity contribution in [1.29, 1.82) is 0 Å². The van der Waals surface area contributed by atoms with Crippen LogP contribution in [0.15, 0.2) is 60.7 Å².